The minimum Gasteiger partial charge on any atom is -0.491 e. The van der Waals surface area contributed by atoms with Crippen molar-refractivity contribution in [3.05, 3.63) is 88.7 Å². The molecule has 2 amide bonds. The summed E-state index contributed by atoms with van der Waals surface area (Å²) in [6.07, 6.45) is 6.86. The van der Waals surface area contributed by atoms with Crippen LogP contribution in [0, 0.1) is 20.8 Å². The van der Waals surface area contributed by atoms with Gasteiger partial charge < -0.3 is 20.5 Å². The first kappa shape index (κ1) is 35.9. The normalized spacial score (nSPS) is 11.0. The van der Waals surface area contributed by atoms with Crippen molar-refractivity contribution < 1.29 is 19.1 Å². The van der Waals surface area contributed by atoms with Crippen molar-refractivity contribution in [3.8, 4) is 17.0 Å². The van der Waals surface area contributed by atoms with Gasteiger partial charge in [0.25, 0.3) is 5.91 Å². The lowest BCUT2D eigenvalue weighted by molar-refractivity contribution is -0.106. The molecular formula is C36H48N4O4. The standard InChI is InChI=1S/C28H29N3O2.C7H16O.CH3NO/c1-5-33-27-20(4)16-24(31-26(27)21-10-8-18(2)9-11-21)12-14-30-28(32)23-15-19(3)25-22(17-23)7-6-13-29-25;1-4-5-6-7(2)8-3;2-1-3/h6-11,13,15-17H,5,12,14H2,1-4H3,(H,30,32);7H,4-6H2,1-3H3;1H,(H2,2,3). The maximum atomic E-state index is 12.8. The van der Waals surface area contributed by atoms with Gasteiger partial charge in [-0.1, -0.05) is 55.7 Å². The molecule has 0 aliphatic carbocycles. The molecule has 1 atom stereocenters. The third-order valence-corrected chi connectivity index (χ3v) is 7.02. The summed E-state index contributed by atoms with van der Waals surface area (Å²) in [4.78, 5) is 30.7. The number of pyridine rings is 2. The van der Waals surface area contributed by atoms with Crippen molar-refractivity contribution >= 4 is 23.2 Å². The molecule has 3 N–H and O–H groups in total. The number of ether oxygens (including phenoxy) is 2. The Morgan fingerprint density at radius 3 is 2.39 bits per heavy atom. The van der Waals surface area contributed by atoms with Crippen LogP contribution in [0.5, 0.6) is 5.75 Å². The van der Waals surface area contributed by atoms with Gasteiger partial charge in [0.1, 0.15) is 11.4 Å². The lowest BCUT2D eigenvalue weighted by atomic mass is 10.0. The van der Waals surface area contributed by atoms with Crippen LogP contribution in [-0.2, 0) is 16.0 Å². The fourth-order valence-electron chi connectivity index (χ4n) is 4.61. The van der Waals surface area contributed by atoms with E-state index in [1.807, 2.05) is 51.1 Å². The highest BCUT2D eigenvalue weighted by Crippen LogP contribution is 2.32. The summed E-state index contributed by atoms with van der Waals surface area (Å²) in [6.45, 7) is 13.4. The zero-order chi connectivity index (χ0) is 32.5. The van der Waals surface area contributed by atoms with Gasteiger partial charge in [-0.15, -0.1) is 0 Å². The molecule has 2 aromatic heterocycles. The lowest BCUT2D eigenvalue weighted by Crippen LogP contribution is -2.26. The molecule has 236 valence electrons. The van der Waals surface area contributed by atoms with E-state index in [1.165, 1.54) is 24.8 Å². The van der Waals surface area contributed by atoms with Gasteiger partial charge in [-0.05, 0) is 76.4 Å². The average molecular weight is 601 g/mol. The van der Waals surface area contributed by atoms with Crippen molar-refractivity contribution in [2.75, 3.05) is 20.3 Å². The molecule has 8 nitrogen and oxygen atoms in total. The molecule has 1 unspecified atom stereocenters. The van der Waals surface area contributed by atoms with E-state index < -0.39 is 0 Å². The molecule has 0 saturated heterocycles. The number of methoxy groups -OCH3 is 1. The number of nitrogens with zero attached hydrogens (tertiary/aromatic N) is 2. The van der Waals surface area contributed by atoms with E-state index in [9.17, 15) is 4.79 Å². The Balaban J connectivity index is 0.000000527. The molecule has 0 aliphatic heterocycles. The van der Waals surface area contributed by atoms with E-state index in [0.717, 1.165) is 44.7 Å². The van der Waals surface area contributed by atoms with Gasteiger partial charge in [0.05, 0.1) is 18.2 Å². The van der Waals surface area contributed by atoms with Crippen LogP contribution in [0.25, 0.3) is 22.2 Å². The summed E-state index contributed by atoms with van der Waals surface area (Å²) in [5.74, 6) is 0.722. The van der Waals surface area contributed by atoms with Gasteiger partial charge in [0, 0.05) is 48.5 Å². The number of primary amides is 1. The Morgan fingerprint density at radius 2 is 1.75 bits per heavy atom. The van der Waals surface area contributed by atoms with E-state index >= 15 is 0 Å². The monoisotopic (exact) mass is 600 g/mol. The number of carbonyl (C=O) groups is 2. The highest BCUT2D eigenvalue weighted by atomic mass is 16.5. The number of aryl methyl sites for hydroxylation is 3. The summed E-state index contributed by atoms with van der Waals surface area (Å²) < 4.78 is 11.0. The molecule has 8 heteroatoms. The van der Waals surface area contributed by atoms with Gasteiger partial charge in [0.15, 0.2) is 0 Å². The highest BCUT2D eigenvalue weighted by Gasteiger charge is 2.14. The van der Waals surface area contributed by atoms with E-state index in [-0.39, 0.29) is 12.3 Å². The first-order valence-corrected chi connectivity index (χ1v) is 15.2. The van der Waals surface area contributed by atoms with Crippen LogP contribution < -0.4 is 15.8 Å². The lowest BCUT2D eigenvalue weighted by Gasteiger charge is -2.15. The topological polar surface area (TPSA) is 116 Å². The van der Waals surface area contributed by atoms with Crippen LogP contribution in [0.3, 0.4) is 0 Å². The second kappa shape index (κ2) is 19.1. The minimum absolute atomic E-state index is 0.0923. The molecule has 0 spiro atoms. The molecule has 0 aliphatic rings. The van der Waals surface area contributed by atoms with E-state index in [0.29, 0.717) is 31.2 Å². The summed E-state index contributed by atoms with van der Waals surface area (Å²) in [5, 5.41) is 4.00. The number of amides is 2. The molecule has 2 aromatic carbocycles. The Bertz CT molecular complexity index is 1470. The number of unbranched alkanes of at least 4 members (excludes halogenated alkanes) is 1. The molecule has 4 aromatic rings. The number of hydrogen-bond donors (Lipinski definition) is 2. The Kier molecular flexibility index (Phi) is 15.6. The number of hydrogen-bond acceptors (Lipinski definition) is 6. The van der Waals surface area contributed by atoms with Gasteiger partial charge in [-0.3, -0.25) is 14.6 Å². The molecule has 0 fully saturated rings. The van der Waals surface area contributed by atoms with E-state index in [2.05, 4.69) is 61.1 Å². The van der Waals surface area contributed by atoms with Crippen LogP contribution in [-0.4, -0.2) is 48.7 Å². The molecule has 2 heterocycles. The number of carbonyl (C=O) groups excluding carboxylic acids is 2. The Hall–Kier alpha value is -4.30. The fourth-order valence-corrected chi connectivity index (χ4v) is 4.61. The smallest absolute Gasteiger partial charge is 0.251 e. The number of aromatic nitrogens is 2. The number of rotatable bonds is 11. The first-order chi connectivity index (χ1) is 21.2. The van der Waals surface area contributed by atoms with Gasteiger partial charge in [-0.25, -0.2) is 4.98 Å². The summed E-state index contributed by atoms with van der Waals surface area (Å²) in [6, 6.07) is 18.0. The maximum absolute atomic E-state index is 12.8. The predicted octanol–water partition coefficient (Wildman–Crippen LogP) is 6.91. The van der Waals surface area contributed by atoms with Gasteiger partial charge in [-0.2, -0.15) is 0 Å². The van der Waals surface area contributed by atoms with Crippen molar-refractivity contribution in [1.29, 1.82) is 0 Å². The zero-order valence-electron chi connectivity index (χ0n) is 27.3. The first-order valence-electron chi connectivity index (χ1n) is 15.2. The summed E-state index contributed by atoms with van der Waals surface area (Å²) in [5.41, 5.74) is 11.8. The average Bonchev–Trinajstić information content (AvgIpc) is 3.02. The van der Waals surface area contributed by atoms with E-state index in [1.54, 1.807) is 13.3 Å². The summed E-state index contributed by atoms with van der Waals surface area (Å²) in [7, 11) is 1.76. The molecule has 4 rings (SSSR count). The van der Waals surface area contributed by atoms with Gasteiger partial charge in [0.2, 0.25) is 6.41 Å². The van der Waals surface area contributed by atoms with Crippen LogP contribution in [0.1, 0.15) is 72.8 Å². The molecule has 0 saturated carbocycles. The number of nitrogens with two attached hydrogens (primary N) is 1. The van der Waals surface area contributed by atoms with Gasteiger partial charge >= 0.3 is 0 Å². The second-order valence-electron chi connectivity index (χ2n) is 10.6. The van der Waals surface area contributed by atoms with Crippen LogP contribution in [0.4, 0.5) is 0 Å². The van der Waals surface area contributed by atoms with Crippen molar-refractivity contribution in [2.24, 2.45) is 5.73 Å². The number of nitrogens with one attached hydrogen (secondary N) is 1. The maximum Gasteiger partial charge on any atom is 0.251 e. The van der Waals surface area contributed by atoms with Crippen LogP contribution in [0.15, 0.2) is 60.8 Å². The van der Waals surface area contributed by atoms with Crippen molar-refractivity contribution in [1.82, 2.24) is 15.3 Å². The molecule has 0 radical (unpaired) electrons. The largest absolute Gasteiger partial charge is 0.491 e. The molecule has 44 heavy (non-hydrogen) atoms. The molecule has 0 bridgehead atoms. The van der Waals surface area contributed by atoms with Crippen LogP contribution >= 0.6 is 0 Å². The van der Waals surface area contributed by atoms with Crippen molar-refractivity contribution in [2.45, 2.75) is 73.3 Å². The summed E-state index contributed by atoms with van der Waals surface area (Å²) >= 11 is 0. The Labute approximate surface area is 262 Å². The fraction of sp³-hybridized carbons (Fsp3) is 0.389. The van der Waals surface area contributed by atoms with Crippen LogP contribution in [0.2, 0.25) is 0 Å². The predicted molar refractivity (Wildman–Crippen MR) is 179 cm³/mol. The number of benzene rings is 2. The third kappa shape index (κ3) is 11.1. The SMILES string of the molecule is CCCCC(C)OC.CCOc1c(C)cc(CCNC(=O)c2cc(C)c3ncccc3c2)nc1-c1ccc(C)cc1.NC=O. The quantitative estimate of drug-likeness (QED) is 0.181. The highest BCUT2D eigenvalue weighted by molar-refractivity contribution is 5.98. The number of fused-ring (bicyclic) bond motifs is 1. The van der Waals surface area contributed by atoms with E-state index in [4.69, 9.17) is 19.3 Å². The zero-order valence-corrected chi connectivity index (χ0v) is 27.3. The second-order valence-corrected chi connectivity index (χ2v) is 10.6. The minimum atomic E-state index is -0.0923. The third-order valence-electron chi connectivity index (χ3n) is 7.02. The van der Waals surface area contributed by atoms with Crippen molar-refractivity contribution in [3.63, 3.8) is 0 Å². The molecular weight excluding hydrogens is 552 g/mol. The Morgan fingerprint density at radius 1 is 1.05 bits per heavy atom.